The third kappa shape index (κ3) is 2.46. The summed E-state index contributed by atoms with van der Waals surface area (Å²) >= 11 is 5.98. The standard InChI is InChI=1S/C14H11ClO3/c15-13-11(8-9-4-2-1-3-5-9)10(14(17)18)6-7-12(13)16/h1-7,16H,8H2,(H,17,18). The second kappa shape index (κ2) is 5.10. The second-order valence-corrected chi connectivity index (χ2v) is 4.27. The minimum atomic E-state index is -1.05. The second-order valence-electron chi connectivity index (χ2n) is 3.89. The molecular weight excluding hydrogens is 252 g/mol. The van der Waals surface area contributed by atoms with E-state index in [0.29, 0.717) is 12.0 Å². The monoisotopic (exact) mass is 262 g/mol. The van der Waals surface area contributed by atoms with E-state index in [1.54, 1.807) is 0 Å². The van der Waals surface area contributed by atoms with Crippen LogP contribution in [0.4, 0.5) is 0 Å². The van der Waals surface area contributed by atoms with E-state index in [0.717, 1.165) is 5.56 Å². The average molecular weight is 263 g/mol. The number of aromatic hydroxyl groups is 1. The third-order valence-corrected chi connectivity index (χ3v) is 3.10. The average Bonchev–Trinajstić information content (AvgIpc) is 2.36. The highest BCUT2D eigenvalue weighted by Gasteiger charge is 2.16. The number of aromatic carboxylic acids is 1. The zero-order chi connectivity index (χ0) is 13.1. The molecular formula is C14H11ClO3. The summed E-state index contributed by atoms with van der Waals surface area (Å²) in [7, 11) is 0. The van der Waals surface area contributed by atoms with E-state index < -0.39 is 5.97 Å². The van der Waals surface area contributed by atoms with E-state index >= 15 is 0 Å². The maximum atomic E-state index is 11.1. The molecule has 0 fully saturated rings. The lowest BCUT2D eigenvalue weighted by Crippen LogP contribution is -2.04. The topological polar surface area (TPSA) is 57.5 Å². The van der Waals surface area contributed by atoms with Gasteiger partial charge in [0.25, 0.3) is 0 Å². The van der Waals surface area contributed by atoms with Crippen molar-refractivity contribution in [2.24, 2.45) is 0 Å². The summed E-state index contributed by atoms with van der Waals surface area (Å²) in [6.07, 6.45) is 0.371. The van der Waals surface area contributed by atoms with E-state index in [4.69, 9.17) is 16.7 Å². The number of carboxylic acids is 1. The fourth-order valence-corrected chi connectivity index (χ4v) is 2.01. The van der Waals surface area contributed by atoms with Crippen molar-refractivity contribution in [3.05, 3.63) is 64.2 Å². The summed E-state index contributed by atoms with van der Waals surface area (Å²) in [5.41, 5.74) is 1.48. The SMILES string of the molecule is O=C(O)c1ccc(O)c(Cl)c1Cc1ccccc1. The smallest absolute Gasteiger partial charge is 0.336 e. The van der Waals surface area contributed by atoms with Gasteiger partial charge in [0.1, 0.15) is 5.75 Å². The number of carboxylic acid groups (broad SMARTS) is 1. The molecule has 0 aliphatic heterocycles. The van der Waals surface area contributed by atoms with Gasteiger partial charge in [-0.15, -0.1) is 0 Å². The van der Waals surface area contributed by atoms with Crippen molar-refractivity contribution in [2.45, 2.75) is 6.42 Å². The van der Waals surface area contributed by atoms with Crippen LogP contribution in [0.25, 0.3) is 0 Å². The van der Waals surface area contributed by atoms with Crippen LogP contribution in [0.3, 0.4) is 0 Å². The summed E-state index contributed by atoms with van der Waals surface area (Å²) in [6.45, 7) is 0. The molecule has 4 heteroatoms. The van der Waals surface area contributed by atoms with Crippen molar-refractivity contribution in [3.63, 3.8) is 0 Å². The highest BCUT2D eigenvalue weighted by Crippen LogP contribution is 2.31. The minimum Gasteiger partial charge on any atom is -0.506 e. The van der Waals surface area contributed by atoms with Gasteiger partial charge in [0, 0.05) is 0 Å². The van der Waals surface area contributed by atoms with Crippen molar-refractivity contribution in [3.8, 4) is 5.75 Å². The molecule has 92 valence electrons. The number of phenolic OH excluding ortho intramolecular Hbond substituents is 1. The van der Waals surface area contributed by atoms with Crippen molar-refractivity contribution in [1.29, 1.82) is 0 Å². The zero-order valence-corrected chi connectivity index (χ0v) is 10.2. The molecule has 0 saturated carbocycles. The molecule has 18 heavy (non-hydrogen) atoms. The Hall–Kier alpha value is -2.00. The molecule has 2 aromatic carbocycles. The molecule has 0 aromatic heterocycles. The van der Waals surface area contributed by atoms with Gasteiger partial charge < -0.3 is 10.2 Å². The van der Waals surface area contributed by atoms with Crippen LogP contribution in [0.2, 0.25) is 5.02 Å². The van der Waals surface area contributed by atoms with E-state index in [9.17, 15) is 9.90 Å². The number of hydrogen-bond donors (Lipinski definition) is 2. The van der Waals surface area contributed by atoms with Gasteiger partial charge >= 0.3 is 5.97 Å². The largest absolute Gasteiger partial charge is 0.506 e. The van der Waals surface area contributed by atoms with Gasteiger partial charge in [-0.05, 0) is 29.7 Å². The van der Waals surface area contributed by atoms with Gasteiger partial charge in [-0.1, -0.05) is 41.9 Å². The molecule has 0 aliphatic carbocycles. The normalized spacial score (nSPS) is 10.3. The molecule has 2 aromatic rings. The fraction of sp³-hybridized carbons (Fsp3) is 0.0714. The number of carbonyl (C=O) groups is 1. The zero-order valence-electron chi connectivity index (χ0n) is 9.43. The summed E-state index contributed by atoms with van der Waals surface area (Å²) in [5.74, 6) is -1.16. The van der Waals surface area contributed by atoms with Crippen LogP contribution in [0, 0.1) is 0 Å². The van der Waals surface area contributed by atoms with Gasteiger partial charge in [0.15, 0.2) is 0 Å². The quantitative estimate of drug-likeness (QED) is 0.892. The van der Waals surface area contributed by atoms with Crippen LogP contribution in [0.1, 0.15) is 21.5 Å². The summed E-state index contributed by atoms with van der Waals surface area (Å²) in [6, 6.07) is 12.0. The maximum absolute atomic E-state index is 11.1. The van der Waals surface area contributed by atoms with Crippen LogP contribution in [-0.2, 0) is 6.42 Å². The Bertz CT molecular complexity index is 579. The molecule has 2 N–H and O–H groups in total. The van der Waals surface area contributed by atoms with Crippen LogP contribution >= 0.6 is 11.6 Å². The Morgan fingerprint density at radius 2 is 1.78 bits per heavy atom. The minimum absolute atomic E-state index is 0.0961. The molecule has 0 aliphatic rings. The van der Waals surface area contributed by atoms with Crippen LogP contribution < -0.4 is 0 Å². The highest BCUT2D eigenvalue weighted by molar-refractivity contribution is 6.33. The maximum Gasteiger partial charge on any atom is 0.336 e. The Kier molecular flexibility index (Phi) is 3.53. The van der Waals surface area contributed by atoms with Gasteiger partial charge in [0.05, 0.1) is 10.6 Å². The number of rotatable bonds is 3. The molecule has 0 unspecified atom stereocenters. The van der Waals surface area contributed by atoms with Crippen molar-refractivity contribution in [1.82, 2.24) is 0 Å². The summed E-state index contributed by atoms with van der Waals surface area (Å²) < 4.78 is 0. The molecule has 0 saturated heterocycles. The molecule has 0 bridgehead atoms. The molecule has 3 nitrogen and oxygen atoms in total. The Balaban J connectivity index is 2.48. The van der Waals surface area contributed by atoms with E-state index in [2.05, 4.69) is 0 Å². The lowest BCUT2D eigenvalue weighted by Gasteiger charge is -2.10. The van der Waals surface area contributed by atoms with Crippen molar-refractivity contribution < 1.29 is 15.0 Å². The molecule has 0 heterocycles. The first-order valence-corrected chi connectivity index (χ1v) is 5.75. The highest BCUT2D eigenvalue weighted by atomic mass is 35.5. The summed E-state index contributed by atoms with van der Waals surface area (Å²) in [5, 5.41) is 18.8. The predicted octanol–water partition coefficient (Wildman–Crippen LogP) is 3.33. The van der Waals surface area contributed by atoms with Crippen LogP contribution in [0.5, 0.6) is 5.75 Å². The predicted molar refractivity (Wildman–Crippen MR) is 69.3 cm³/mol. The molecule has 2 rings (SSSR count). The van der Waals surface area contributed by atoms with Gasteiger partial charge in [-0.2, -0.15) is 0 Å². The number of hydrogen-bond acceptors (Lipinski definition) is 2. The molecule has 0 atom stereocenters. The number of phenols is 1. The van der Waals surface area contributed by atoms with Gasteiger partial charge in [0.2, 0.25) is 0 Å². The van der Waals surface area contributed by atoms with Crippen LogP contribution in [0.15, 0.2) is 42.5 Å². The van der Waals surface area contributed by atoms with Crippen molar-refractivity contribution >= 4 is 17.6 Å². The van der Waals surface area contributed by atoms with Crippen LogP contribution in [-0.4, -0.2) is 16.2 Å². The Morgan fingerprint density at radius 1 is 1.11 bits per heavy atom. The Morgan fingerprint density at radius 3 is 2.39 bits per heavy atom. The number of benzene rings is 2. The summed E-state index contributed by atoms with van der Waals surface area (Å²) in [4.78, 5) is 11.1. The first-order valence-electron chi connectivity index (χ1n) is 5.37. The molecule has 0 radical (unpaired) electrons. The lowest BCUT2D eigenvalue weighted by atomic mass is 9.99. The van der Waals surface area contributed by atoms with Gasteiger partial charge in [-0.25, -0.2) is 4.79 Å². The lowest BCUT2D eigenvalue weighted by molar-refractivity contribution is 0.0696. The first-order chi connectivity index (χ1) is 8.59. The molecule has 0 amide bonds. The van der Waals surface area contributed by atoms with Gasteiger partial charge in [-0.3, -0.25) is 0 Å². The molecule has 0 spiro atoms. The fourth-order valence-electron chi connectivity index (χ4n) is 1.78. The third-order valence-electron chi connectivity index (χ3n) is 2.68. The number of halogens is 1. The van der Waals surface area contributed by atoms with Crippen molar-refractivity contribution in [2.75, 3.05) is 0 Å². The first kappa shape index (κ1) is 12.5. The Labute approximate surface area is 109 Å². The van der Waals surface area contributed by atoms with E-state index in [-0.39, 0.29) is 16.3 Å². The van der Waals surface area contributed by atoms with E-state index in [1.165, 1.54) is 12.1 Å². The van der Waals surface area contributed by atoms with E-state index in [1.807, 2.05) is 30.3 Å².